The molecule has 0 spiro atoms. The molecule has 0 aliphatic rings. The van der Waals surface area contributed by atoms with E-state index in [4.69, 9.17) is 10.2 Å². The molecule has 0 unspecified atom stereocenters. The second kappa shape index (κ2) is 7.46. The molecule has 1 aromatic carbocycles. The fourth-order valence-corrected chi connectivity index (χ4v) is 1.84. The van der Waals surface area contributed by atoms with Crippen molar-refractivity contribution in [2.75, 3.05) is 31.6 Å². The van der Waals surface area contributed by atoms with Crippen LogP contribution in [0.4, 0.5) is 10.5 Å². The van der Waals surface area contributed by atoms with Crippen molar-refractivity contribution in [3.63, 3.8) is 0 Å². The smallest absolute Gasteiger partial charge is 0.322 e. The number of urea groups is 1. The Morgan fingerprint density at radius 2 is 1.82 bits per heavy atom. The summed E-state index contributed by atoms with van der Waals surface area (Å²) >= 11 is 2.13. The molecule has 1 rings (SSSR count). The molecular weight excluding hydrogens is 335 g/mol. The molecule has 0 radical (unpaired) electrons. The largest absolute Gasteiger partial charge is 0.395 e. The minimum absolute atomic E-state index is 0.126. The molecule has 0 bridgehead atoms. The number of hydrogen-bond donors (Lipinski definition) is 3. The molecule has 1 aromatic rings. The Morgan fingerprint density at radius 3 is 2.35 bits per heavy atom. The number of aliphatic hydroxyl groups excluding tert-OH is 2. The molecule has 2 amide bonds. The number of para-hydroxylation sites is 1. The maximum atomic E-state index is 11.8. The van der Waals surface area contributed by atoms with Crippen LogP contribution in [0.2, 0.25) is 0 Å². The Bertz CT molecular complexity index is 367. The molecule has 0 saturated carbocycles. The van der Waals surface area contributed by atoms with Gasteiger partial charge >= 0.3 is 6.03 Å². The maximum absolute atomic E-state index is 11.8. The summed E-state index contributed by atoms with van der Waals surface area (Å²) in [6, 6.07) is 7.09. The van der Waals surface area contributed by atoms with E-state index in [1.165, 1.54) is 4.90 Å². The topological polar surface area (TPSA) is 72.8 Å². The van der Waals surface area contributed by atoms with Crippen molar-refractivity contribution in [2.45, 2.75) is 0 Å². The van der Waals surface area contributed by atoms with Crippen LogP contribution in [0.5, 0.6) is 0 Å². The van der Waals surface area contributed by atoms with E-state index in [1.54, 1.807) is 6.07 Å². The summed E-state index contributed by atoms with van der Waals surface area (Å²) in [4.78, 5) is 13.2. The molecule has 0 heterocycles. The second-order valence-corrected chi connectivity index (χ2v) is 4.51. The van der Waals surface area contributed by atoms with Crippen LogP contribution in [0.1, 0.15) is 0 Å². The van der Waals surface area contributed by atoms with Crippen molar-refractivity contribution in [3.05, 3.63) is 27.8 Å². The summed E-state index contributed by atoms with van der Waals surface area (Å²) in [5, 5.41) is 20.4. The average Bonchev–Trinajstić information content (AvgIpc) is 2.32. The van der Waals surface area contributed by atoms with Gasteiger partial charge in [0.1, 0.15) is 0 Å². The first-order chi connectivity index (χ1) is 8.19. The number of aliphatic hydroxyl groups is 2. The quantitative estimate of drug-likeness (QED) is 0.697. The molecule has 17 heavy (non-hydrogen) atoms. The van der Waals surface area contributed by atoms with E-state index < -0.39 is 0 Å². The molecule has 5 nitrogen and oxygen atoms in total. The molecule has 0 aliphatic carbocycles. The number of nitrogens with one attached hydrogen (secondary N) is 1. The maximum Gasteiger partial charge on any atom is 0.322 e. The fourth-order valence-electron chi connectivity index (χ4n) is 1.31. The number of halogens is 1. The van der Waals surface area contributed by atoms with Gasteiger partial charge in [-0.25, -0.2) is 4.79 Å². The highest BCUT2D eigenvalue weighted by Gasteiger charge is 2.13. The lowest BCUT2D eigenvalue weighted by molar-refractivity contribution is 0.167. The van der Waals surface area contributed by atoms with Gasteiger partial charge in [0.05, 0.1) is 18.9 Å². The zero-order chi connectivity index (χ0) is 12.7. The number of benzene rings is 1. The van der Waals surface area contributed by atoms with Crippen LogP contribution in [0.15, 0.2) is 24.3 Å². The number of nitrogens with zero attached hydrogens (tertiary/aromatic N) is 1. The Labute approximate surface area is 114 Å². The molecular formula is C11H15IN2O3. The first-order valence-corrected chi connectivity index (χ1v) is 6.29. The van der Waals surface area contributed by atoms with E-state index in [2.05, 4.69) is 27.9 Å². The van der Waals surface area contributed by atoms with Crippen molar-refractivity contribution in [1.82, 2.24) is 4.90 Å². The monoisotopic (exact) mass is 350 g/mol. The number of anilines is 1. The molecule has 0 aromatic heterocycles. The lowest BCUT2D eigenvalue weighted by atomic mass is 10.3. The summed E-state index contributed by atoms with van der Waals surface area (Å²) in [5.41, 5.74) is 0.721. The van der Waals surface area contributed by atoms with Gasteiger partial charge in [-0.1, -0.05) is 12.1 Å². The van der Waals surface area contributed by atoms with Crippen LogP contribution < -0.4 is 5.32 Å². The van der Waals surface area contributed by atoms with Crippen LogP contribution >= 0.6 is 22.6 Å². The van der Waals surface area contributed by atoms with E-state index in [0.29, 0.717) is 0 Å². The lowest BCUT2D eigenvalue weighted by Crippen LogP contribution is -2.39. The van der Waals surface area contributed by atoms with Crippen molar-refractivity contribution >= 4 is 34.3 Å². The van der Waals surface area contributed by atoms with E-state index >= 15 is 0 Å². The summed E-state index contributed by atoms with van der Waals surface area (Å²) in [7, 11) is 0. The predicted molar refractivity (Wildman–Crippen MR) is 73.9 cm³/mol. The highest BCUT2D eigenvalue weighted by atomic mass is 127. The third kappa shape index (κ3) is 4.49. The van der Waals surface area contributed by atoms with Gasteiger partial charge in [0.25, 0.3) is 0 Å². The Hall–Kier alpha value is -0.860. The van der Waals surface area contributed by atoms with Crippen molar-refractivity contribution in [3.8, 4) is 0 Å². The zero-order valence-electron chi connectivity index (χ0n) is 9.27. The summed E-state index contributed by atoms with van der Waals surface area (Å²) in [6.45, 7) is 0.157. The van der Waals surface area contributed by atoms with E-state index in [1.807, 2.05) is 18.2 Å². The normalized spacial score (nSPS) is 10.1. The number of hydrogen-bond acceptors (Lipinski definition) is 3. The summed E-state index contributed by atoms with van der Waals surface area (Å²) in [6.07, 6.45) is 0. The first-order valence-electron chi connectivity index (χ1n) is 5.21. The summed E-state index contributed by atoms with van der Waals surface area (Å²) in [5.74, 6) is 0. The van der Waals surface area contributed by atoms with E-state index in [0.717, 1.165) is 9.26 Å². The zero-order valence-corrected chi connectivity index (χ0v) is 11.4. The van der Waals surface area contributed by atoms with Crippen LogP contribution in [-0.2, 0) is 0 Å². The standard InChI is InChI=1S/C11H15IN2O3/c12-9-3-1-2-4-10(9)13-11(17)14(5-7-15)6-8-16/h1-4,15-16H,5-8H2,(H,13,17). The molecule has 0 aliphatic heterocycles. The lowest BCUT2D eigenvalue weighted by Gasteiger charge is -2.21. The first kappa shape index (κ1) is 14.2. The highest BCUT2D eigenvalue weighted by Crippen LogP contribution is 2.17. The highest BCUT2D eigenvalue weighted by molar-refractivity contribution is 14.1. The van der Waals surface area contributed by atoms with Gasteiger partial charge in [-0.2, -0.15) is 0 Å². The van der Waals surface area contributed by atoms with Crippen LogP contribution in [0.25, 0.3) is 0 Å². The SMILES string of the molecule is O=C(Nc1ccccc1I)N(CCO)CCO. The number of amides is 2. The predicted octanol–water partition coefficient (Wildman–Crippen LogP) is 1.11. The third-order valence-corrected chi connectivity index (χ3v) is 3.08. The second-order valence-electron chi connectivity index (χ2n) is 3.34. The molecule has 0 atom stereocenters. The van der Waals surface area contributed by atoms with E-state index in [9.17, 15) is 4.79 Å². The van der Waals surface area contributed by atoms with Gasteiger partial charge in [-0.05, 0) is 34.7 Å². The molecule has 0 fully saturated rings. The Kier molecular flexibility index (Phi) is 6.23. The van der Waals surface area contributed by atoms with Crippen molar-refractivity contribution < 1.29 is 15.0 Å². The minimum Gasteiger partial charge on any atom is -0.395 e. The molecule has 6 heteroatoms. The number of carbonyl (C=O) groups excluding carboxylic acids is 1. The Morgan fingerprint density at radius 1 is 1.24 bits per heavy atom. The van der Waals surface area contributed by atoms with Gasteiger partial charge in [0.2, 0.25) is 0 Å². The van der Waals surface area contributed by atoms with Crippen LogP contribution in [0, 0.1) is 3.57 Å². The van der Waals surface area contributed by atoms with Crippen molar-refractivity contribution in [1.29, 1.82) is 0 Å². The number of rotatable bonds is 5. The molecule has 3 N–H and O–H groups in total. The average molecular weight is 350 g/mol. The van der Waals surface area contributed by atoms with E-state index in [-0.39, 0.29) is 32.3 Å². The van der Waals surface area contributed by atoms with Crippen LogP contribution in [-0.4, -0.2) is 47.4 Å². The van der Waals surface area contributed by atoms with Crippen molar-refractivity contribution in [2.24, 2.45) is 0 Å². The third-order valence-electron chi connectivity index (χ3n) is 2.14. The van der Waals surface area contributed by atoms with Gasteiger partial charge in [0, 0.05) is 16.7 Å². The summed E-state index contributed by atoms with van der Waals surface area (Å²) < 4.78 is 0.936. The van der Waals surface area contributed by atoms with Gasteiger partial charge < -0.3 is 20.4 Å². The minimum atomic E-state index is -0.322. The number of carbonyl (C=O) groups is 1. The Balaban J connectivity index is 2.66. The van der Waals surface area contributed by atoms with Gasteiger partial charge in [-0.15, -0.1) is 0 Å². The molecule has 94 valence electrons. The molecule has 0 saturated heterocycles. The van der Waals surface area contributed by atoms with Gasteiger partial charge in [0.15, 0.2) is 0 Å². The van der Waals surface area contributed by atoms with Gasteiger partial charge in [-0.3, -0.25) is 0 Å². The van der Waals surface area contributed by atoms with Crippen LogP contribution in [0.3, 0.4) is 0 Å². The fraction of sp³-hybridized carbons (Fsp3) is 0.364.